The van der Waals surface area contributed by atoms with Crippen LogP contribution in [0.1, 0.15) is 0 Å². The monoisotopic (exact) mass is 393 g/mol. The van der Waals surface area contributed by atoms with E-state index in [0.717, 1.165) is 34.8 Å². The van der Waals surface area contributed by atoms with Crippen molar-refractivity contribution < 1.29 is 4.74 Å². The van der Waals surface area contributed by atoms with Gasteiger partial charge in [0.1, 0.15) is 17.6 Å². The summed E-state index contributed by atoms with van der Waals surface area (Å²) in [7, 11) is -1.11. The van der Waals surface area contributed by atoms with Gasteiger partial charge < -0.3 is 4.74 Å². The standard InChI is InChI=1S/C18H21Cl2N3OSi/c1-25(2,3)9-8-24-12-23-16-11-21-17(20)10-15(16)18(22-23)13-4-6-14(19)7-5-13/h4-7,10-11H,8-9,12H2,1-3H3. The minimum Gasteiger partial charge on any atom is -0.360 e. The molecule has 1 aromatic carbocycles. The molecule has 2 heterocycles. The molecular formula is C18H21Cl2N3OSi. The number of pyridine rings is 1. The van der Waals surface area contributed by atoms with Crippen molar-refractivity contribution in [3.05, 3.63) is 46.7 Å². The highest BCUT2D eigenvalue weighted by Gasteiger charge is 2.15. The van der Waals surface area contributed by atoms with Gasteiger partial charge in [0.2, 0.25) is 0 Å². The molecule has 0 radical (unpaired) electrons. The number of aromatic nitrogens is 3. The van der Waals surface area contributed by atoms with Crippen molar-refractivity contribution in [2.75, 3.05) is 6.61 Å². The highest BCUT2D eigenvalue weighted by molar-refractivity contribution is 6.76. The number of benzene rings is 1. The molecule has 0 N–H and O–H groups in total. The SMILES string of the molecule is C[Si](C)(C)CCOCn1nc(-c2ccc(Cl)cc2)c2cc(Cl)ncc21. The van der Waals surface area contributed by atoms with Gasteiger partial charge in [0.05, 0.1) is 11.7 Å². The van der Waals surface area contributed by atoms with Crippen LogP contribution in [0.2, 0.25) is 35.9 Å². The van der Waals surface area contributed by atoms with Gasteiger partial charge in [-0.05, 0) is 24.2 Å². The van der Waals surface area contributed by atoms with Crippen molar-refractivity contribution >= 4 is 42.2 Å². The highest BCUT2D eigenvalue weighted by atomic mass is 35.5. The topological polar surface area (TPSA) is 39.9 Å². The number of hydrogen-bond donors (Lipinski definition) is 0. The Labute approximate surface area is 158 Å². The molecular weight excluding hydrogens is 373 g/mol. The molecule has 3 aromatic rings. The summed E-state index contributed by atoms with van der Waals surface area (Å²) in [6.07, 6.45) is 1.74. The van der Waals surface area contributed by atoms with Crippen LogP contribution in [0.5, 0.6) is 0 Å². The fourth-order valence-corrected chi connectivity index (χ4v) is 3.54. The molecule has 0 atom stereocenters. The van der Waals surface area contributed by atoms with E-state index >= 15 is 0 Å². The molecule has 132 valence electrons. The predicted molar refractivity (Wildman–Crippen MR) is 107 cm³/mol. The van der Waals surface area contributed by atoms with E-state index in [1.807, 2.05) is 35.0 Å². The summed E-state index contributed by atoms with van der Waals surface area (Å²) in [4.78, 5) is 4.19. The summed E-state index contributed by atoms with van der Waals surface area (Å²) in [6, 6.07) is 10.6. The lowest BCUT2D eigenvalue weighted by atomic mass is 10.1. The summed E-state index contributed by atoms with van der Waals surface area (Å²) in [6.45, 7) is 8.16. The molecule has 25 heavy (non-hydrogen) atoms. The first-order valence-corrected chi connectivity index (χ1v) is 12.7. The van der Waals surface area contributed by atoms with Crippen LogP contribution in [0.4, 0.5) is 0 Å². The fraction of sp³-hybridized carbons (Fsp3) is 0.333. The Morgan fingerprint density at radius 2 is 1.84 bits per heavy atom. The summed E-state index contributed by atoms with van der Waals surface area (Å²) in [5, 5.41) is 6.82. The molecule has 0 amide bonds. The second-order valence-corrected chi connectivity index (χ2v) is 13.7. The lowest BCUT2D eigenvalue weighted by Crippen LogP contribution is -2.22. The van der Waals surface area contributed by atoms with Crippen LogP contribution in [0.3, 0.4) is 0 Å². The molecule has 0 saturated carbocycles. The minimum atomic E-state index is -1.11. The largest absolute Gasteiger partial charge is 0.360 e. The summed E-state index contributed by atoms with van der Waals surface area (Å²) in [5.74, 6) is 0. The minimum absolute atomic E-state index is 0.401. The molecule has 0 unspecified atom stereocenters. The molecule has 0 fully saturated rings. The van der Waals surface area contributed by atoms with E-state index in [1.54, 1.807) is 6.20 Å². The van der Waals surface area contributed by atoms with Crippen molar-refractivity contribution in [3.8, 4) is 11.3 Å². The van der Waals surface area contributed by atoms with Gasteiger partial charge in [-0.1, -0.05) is 55.0 Å². The average molecular weight is 394 g/mol. The van der Waals surface area contributed by atoms with E-state index in [9.17, 15) is 0 Å². The molecule has 0 aliphatic carbocycles. The number of ether oxygens (including phenoxy) is 1. The van der Waals surface area contributed by atoms with Crippen LogP contribution in [0.25, 0.3) is 22.2 Å². The van der Waals surface area contributed by atoms with E-state index in [2.05, 4.69) is 24.6 Å². The zero-order valence-corrected chi connectivity index (χ0v) is 17.1. The maximum Gasteiger partial charge on any atom is 0.140 e. The van der Waals surface area contributed by atoms with Crippen LogP contribution in [0.15, 0.2) is 36.5 Å². The van der Waals surface area contributed by atoms with Crippen molar-refractivity contribution in [2.24, 2.45) is 0 Å². The third kappa shape index (κ3) is 4.61. The normalized spacial score (nSPS) is 12.0. The van der Waals surface area contributed by atoms with Crippen LogP contribution in [0, 0.1) is 0 Å². The maximum atomic E-state index is 6.09. The maximum absolute atomic E-state index is 6.09. The van der Waals surface area contributed by atoms with Gasteiger partial charge in [-0.2, -0.15) is 5.10 Å². The lowest BCUT2D eigenvalue weighted by molar-refractivity contribution is 0.0818. The number of nitrogens with zero attached hydrogens (tertiary/aromatic N) is 3. The van der Waals surface area contributed by atoms with E-state index < -0.39 is 8.07 Å². The van der Waals surface area contributed by atoms with Crippen molar-refractivity contribution in [1.82, 2.24) is 14.8 Å². The first-order valence-electron chi connectivity index (χ1n) is 8.19. The van der Waals surface area contributed by atoms with Crippen LogP contribution >= 0.6 is 23.2 Å². The Morgan fingerprint density at radius 3 is 2.52 bits per heavy atom. The number of fused-ring (bicyclic) bond motifs is 1. The van der Waals surface area contributed by atoms with Gasteiger partial charge in [-0.3, -0.25) is 0 Å². The number of rotatable bonds is 6. The second kappa shape index (κ2) is 7.46. The third-order valence-corrected chi connectivity index (χ3v) is 6.09. The van der Waals surface area contributed by atoms with Gasteiger partial charge in [0.15, 0.2) is 0 Å². The van der Waals surface area contributed by atoms with E-state index in [4.69, 9.17) is 33.0 Å². The lowest BCUT2D eigenvalue weighted by Gasteiger charge is -2.15. The Balaban J connectivity index is 1.90. The molecule has 0 bridgehead atoms. The van der Waals surface area contributed by atoms with Gasteiger partial charge in [0.25, 0.3) is 0 Å². The van der Waals surface area contributed by atoms with Gasteiger partial charge >= 0.3 is 0 Å². The zero-order chi connectivity index (χ0) is 18.0. The summed E-state index contributed by atoms with van der Waals surface area (Å²) >= 11 is 12.1. The van der Waals surface area contributed by atoms with Crippen molar-refractivity contribution in [2.45, 2.75) is 32.4 Å². The molecule has 3 rings (SSSR count). The first-order chi connectivity index (χ1) is 11.8. The molecule has 0 aliphatic rings. The highest BCUT2D eigenvalue weighted by Crippen LogP contribution is 2.30. The van der Waals surface area contributed by atoms with Gasteiger partial charge in [-0.15, -0.1) is 0 Å². The Bertz CT molecular complexity index is 872. The van der Waals surface area contributed by atoms with Crippen LogP contribution < -0.4 is 0 Å². The van der Waals surface area contributed by atoms with Crippen molar-refractivity contribution in [1.29, 1.82) is 0 Å². The molecule has 2 aromatic heterocycles. The molecule has 4 nitrogen and oxygen atoms in total. The fourth-order valence-electron chi connectivity index (χ4n) is 2.50. The van der Waals surface area contributed by atoms with Crippen LogP contribution in [-0.4, -0.2) is 29.4 Å². The summed E-state index contributed by atoms with van der Waals surface area (Å²) in [5.41, 5.74) is 2.74. The Kier molecular flexibility index (Phi) is 5.48. The van der Waals surface area contributed by atoms with E-state index in [-0.39, 0.29) is 0 Å². The van der Waals surface area contributed by atoms with E-state index in [0.29, 0.717) is 16.9 Å². The molecule has 7 heteroatoms. The number of hydrogen-bond acceptors (Lipinski definition) is 3. The van der Waals surface area contributed by atoms with Gasteiger partial charge in [-0.25, -0.2) is 9.67 Å². The second-order valence-electron chi connectivity index (χ2n) is 7.23. The van der Waals surface area contributed by atoms with Crippen molar-refractivity contribution in [3.63, 3.8) is 0 Å². The quantitative estimate of drug-likeness (QED) is 0.305. The summed E-state index contributed by atoms with van der Waals surface area (Å²) < 4.78 is 7.70. The zero-order valence-electron chi connectivity index (χ0n) is 14.6. The van der Waals surface area contributed by atoms with Gasteiger partial charge in [0, 0.05) is 30.7 Å². The Hall–Kier alpha value is -1.40. The number of halogens is 2. The third-order valence-electron chi connectivity index (χ3n) is 3.93. The van der Waals surface area contributed by atoms with Crippen LogP contribution in [-0.2, 0) is 11.5 Å². The molecule has 0 saturated heterocycles. The smallest absolute Gasteiger partial charge is 0.140 e. The molecule has 0 aliphatic heterocycles. The molecule has 0 spiro atoms. The average Bonchev–Trinajstić information content (AvgIpc) is 2.89. The predicted octanol–water partition coefficient (Wildman–Crippen LogP) is 5.72. The first kappa shape index (κ1) is 18.4. The van der Waals surface area contributed by atoms with E-state index in [1.165, 1.54) is 0 Å². The Morgan fingerprint density at radius 1 is 1.12 bits per heavy atom.